The van der Waals surface area contributed by atoms with Gasteiger partial charge in [0.1, 0.15) is 0 Å². The van der Waals surface area contributed by atoms with Crippen molar-refractivity contribution in [2.24, 2.45) is 11.7 Å². The molecule has 0 aromatic carbocycles. The molecular formula is C13H25N3O. The number of amides is 1. The highest BCUT2D eigenvalue weighted by Gasteiger charge is 2.32. The first-order valence-corrected chi connectivity index (χ1v) is 6.92. The van der Waals surface area contributed by atoms with Crippen LogP contribution in [0.1, 0.15) is 39.0 Å². The van der Waals surface area contributed by atoms with Gasteiger partial charge in [0, 0.05) is 25.0 Å². The van der Waals surface area contributed by atoms with Crippen molar-refractivity contribution in [2.75, 3.05) is 19.6 Å². The van der Waals surface area contributed by atoms with Gasteiger partial charge in [0.05, 0.1) is 0 Å². The highest BCUT2D eigenvalue weighted by Crippen LogP contribution is 2.26. The second-order valence-electron chi connectivity index (χ2n) is 5.67. The van der Waals surface area contributed by atoms with E-state index in [1.54, 1.807) is 0 Å². The summed E-state index contributed by atoms with van der Waals surface area (Å²) in [5.74, 6) is 0.473. The number of hydrogen-bond acceptors (Lipinski definition) is 3. The van der Waals surface area contributed by atoms with Gasteiger partial charge in [-0.05, 0) is 44.7 Å². The molecule has 4 nitrogen and oxygen atoms in total. The number of fused-ring (bicyclic) bond motifs is 1. The van der Waals surface area contributed by atoms with Gasteiger partial charge in [-0.2, -0.15) is 0 Å². The van der Waals surface area contributed by atoms with Gasteiger partial charge in [0.15, 0.2) is 0 Å². The third-order valence-electron chi connectivity index (χ3n) is 4.12. The summed E-state index contributed by atoms with van der Waals surface area (Å²) in [6.07, 6.45) is 5.46. The fourth-order valence-corrected chi connectivity index (χ4v) is 3.04. The summed E-state index contributed by atoms with van der Waals surface area (Å²) >= 11 is 0. The first-order chi connectivity index (χ1) is 8.19. The Hall–Kier alpha value is -0.610. The summed E-state index contributed by atoms with van der Waals surface area (Å²) in [6, 6.07) is 1.12. The molecule has 2 heterocycles. The Balaban J connectivity index is 1.74. The first kappa shape index (κ1) is 12.8. The van der Waals surface area contributed by atoms with E-state index in [9.17, 15) is 4.79 Å². The van der Waals surface area contributed by atoms with Crippen molar-refractivity contribution in [3.8, 4) is 0 Å². The SMILES string of the molecule is CC(CN)CC(=O)NC1CCN2CCCC2C1. The molecule has 2 aliphatic rings. The maximum absolute atomic E-state index is 11.8. The van der Waals surface area contributed by atoms with Crippen molar-refractivity contribution >= 4 is 5.91 Å². The van der Waals surface area contributed by atoms with Crippen LogP contribution in [0.25, 0.3) is 0 Å². The molecule has 0 saturated carbocycles. The third kappa shape index (κ3) is 3.42. The molecule has 0 aliphatic carbocycles. The Morgan fingerprint density at radius 3 is 3.06 bits per heavy atom. The van der Waals surface area contributed by atoms with E-state index in [1.807, 2.05) is 6.92 Å². The number of hydrogen-bond donors (Lipinski definition) is 2. The van der Waals surface area contributed by atoms with Gasteiger partial charge in [-0.25, -0.2) is 0 Å². The molecule has 3 atom stereocenters. The number of carbonyl (C=O) groups excluding carboxylic acids is 1. The average molecular weight is 239 g/mol. The Morgan fingerprint density at radius 2 is 2.29 bits per heavy atom. The van der Waals surface area contributed by atoms with Crippen LogP contribution < -0.4 is 11.1 Å². The topological polar surface area (TPSA) is 58.4 Å². The summed E-state index contributed by atoms with van der Waals surface area (Å²) in [5, 5.41) is 3.18. The van der Waals surface area contributed by atoms with Crippen LogP contribution in [0.5, 0.6) is 0 Å². The van der Waals surface area contributed by atoms with E-state index in [0.29, 0.717) is 24.9 Å². The van der Waals surface area contributed by atoms with Crippen molar-refractivity contribution in [2.45, 2.75) is 51.1 Å². The molecule has 17 heavy (non-hydrogen) atoms. The number of nitrogens with two attached hydrogens (primary N) is 1. The maximum Gasteiger partial charge on any atom is 0.220 e. The lowest BCUT2D eigenvalue weighted by molar-refractivity contribution is -0.122. The minimum absolute atomic E-state index is 0.180. The largest absolute Gasteiger partial charge is 0.353 e. The monoisotopic (exact) mass is 239 g/mol. The van der Waals surface area contributed by atoms with Gasteiger partial charge in [-0.15, -0.1) is 0 Å². The summed E-state index contributed by atoms with van der Waals surface area (Å²) in [6.45, 7) is 5.03. The van der Waals surface area contributed by atoms with Gasteiger partial charge in [-0.3, -0.25) is 4.79 Å². The number of piperidine rings is 1. The molecule has 2 saturated heterocycles. The van der Waals surface area contributed by atoms with Crippen LogP contribution in [0.2, 0.25) is 0 Å². The standard InChI is InChI=1S/C13H25N3O/c1-10(9-14)7-13(17)15-11-4-6-16-5-2-3-12(16)8-11/h10-12H,2-9,14H2,1H3,(H,15,17). The van der Waals surface area contributed by atoms with Gasteiger partial charge >= 0.3 is 0 Å². The Labute approximate surface area is 104 Å². The van der Waals surface area contributed by atoms with E-state index < -0.39 is 0 Å². The first-order valence-electron chi connectivity index (χ1n) is 6.92. The molecule has 0 aromatic rings. The fourth-order valence-electron chi connectivity index (χ4n) is 3.04. The predicted octanol–water partition coefficient (Wildman–Crippen LogP) is 0.714. The number of rotatable bonds is 4. The van der Waals surface area contributed by atoms with Gasteiger partial charge < -0.3 is 16.0 Å². The Kier molecular flexibility index (Phi) is 4.40. The molecule has 2 fully saturated rings. The Bertz CT molecular complexity index is 269. The van der Waals surface area contributed by atoms with E-state index in [4.69, 9.17) is 5.73 Å². The van der Waals surface area contributed by atoms with Gasteiger partial charge in [-0.1, -0.05) is 6.92 Å². The van der Waals surface area contributed by atoms with Gasteiger partial charge in [0.2, 0.25) is 5.91 Å². The van der Waals surface area contributed by atoms with Crippen molar-refractivity contribution in [1.82, 2.24) is 10.2 Å². The molecule has 0 radical (unpaired) electrons. The second kappa shape index (κ2) is 5.83. The molecule has 98 valence electrons. The summed E-state index contributed by atoms with van der Waals surface area (Å²) in [7, 11) is 0. The lowest BCUT2D eigenvalue weighted by atomic mass is 9.97. The summed E-state index contributed by atoms with van der Waals surface area (Å²) < 4.78 is 0. The van der Waals surface area contributed by atoms with Crippen molar-refractivity contribution < 1.29 is 4.79 Å². The van der Waals surface area contributed by atoms with Crippen LogP contribution in [0, 0.1) is 5.92 Å². The van der Waals surface area contributed by atoms with Crippen LogP contribution in [0.4, 0.5) is 0 Å². The van der Waals surface area contributed by atoms with Gasteiger partial charge in [0.25, 0.3) is 0 Å². The van der Waals surface area contributed by atoms with Crippen LogP contribution in [0.3, 0.4) is 0 Å². The second-order valence-corrected chi connectivity index (χ2v) is 5.67. The van der Waals surface area contributed by atoms with Crippen molar-refractivity contribution in [3.05, 3.63) is 0 Å². The number of nitrogens with one attached hydrogen (secondary N) is 1. The maximum atomic E-state index is 11.8. The molecule has 1 amide bonds. The highest BCUT2D eigenvalue weighted by atomic mass is 16.1. The van der Waals surface area contributed by atoms with E-state index in [0.717, 1.165) is 25.4 Å². The third-order valence-corrected chi connectivity index (χ3v) is 4.12. The molecule has 2 aliphatic heterocycles. The molecule has 3 N–H and O–H groups in total. The summed E-state index contributed by atoms with van der Waals surface area (Å²) in [5.41, 5.74) is 5.54. The predicted molar refractivity (Wildman–Crippen MR) is 68.6 cm³/mol. The molecule has 4 heteroatoms. The minimum Gasteiger partial charge on any atom is -0.353 e. The quantitative estimate of drug-likeness (QED) is 0.760. The van der Waals surface area contributed by atoms with E-state index in [1.165, 1.54) is 19.4 Å². The normalized spacial score (nSPS) is 30.9. The van der Waals surface area contributed by atoms with E-state index >= 15 is 0 Å². The lowest BCUT2D eigenvalue weighted by Crippen LogP contribution is -2.47. The van der Waals surface area contributed by atoms with E-state index in [-0.39, 0.29) is 5.91 Å². The number of carbonyl (C=O) groups is 1. The molecule has 2 rings (SSSR count). The van der Waals surface area contributed by atoms with Crippen LogP contribution in [-0.2, 0) is 4.79 Å². The molecule has 0 spiro atoms. The Morgan fingerprint density at radius 1 is 1.47 bits per heavy atom. The number of nitrogens with zero attached hydrogens (tertiary/aromatic N) is 1. The van der Waals surface area contributed by atoms with Crippen molar-refractivity contribution in [3.63, 3.8) is 0 Å². The van der Waals surface area contributed by atoms with Crippen LogP contribution >= 0.6 is 0 Å². The molecule has 0 bridgehead atoms. The lowest BCUT2D eigenvalue weighted by Gasteiger charge is -2.35. The smallest absolute Gasteiger partial charge is 0.220 e. The fraction of sp³-hybridized carbons (Fsp3) is 0.923. The zero-order chi connectivity index (χ0) is 12.3. The van der Waals surface area contributed by atoms with Crippen molar-refractivity contribution in [1.29, 1.82) is 0 Å². The zero-order valence-corrected chi connectivity index (χ0v) is 10.8. The molecule has 3 unspecified atom stereocenters. The van der Waals surface area contributed by atoms with Crippen LogP contribution in [0.15, 0.2) is 0 Å². The minimum atomic E-state index is 0.180. The average Bonchev–Trinajstić information content (AvgIpc) is 2.75. The van der Waals surface area contributed by atoms with E-state index in [2.05, 4.69) is 10.2 Å². The molecule has 0 aromatic heterocycles. The highest BCUT2D eigenvalue weighted by molar-refractivity contribution is 5.76. The van der Waals surface area contributed by atoms with Crippen LogP contribution in [-0.4, -0.2) is 42.5 Å². The molecular weight excluding hydrogens is 214 g/mol. The zero-order valence-electron chi connectivity index (χ0n) is 10.8. The summed E-state index contributed by atoms with van der Waals surface area (Å²) in [4.78, 5) is 14.4.